The molecule has 21 heavy (non-hydrogen) atoms. The summed E-state index contributed by atoms with van der Waals surface area (Å²) in [6.45, 7) is 6.20. The average Bonchev–Trinajstić information content (AvgIpc) is 2.77. The van der Waals surface area contributed by atoms with E-state index in [4.69, 9.17) is 5.11 Å². The van der Waals surface area contributed by atoms with Gasteiger partial charge < -0.3 is 15.3 Å². The number of urea groups is 1. The predicted molar refractivity (Wildman–Crippen MR) is 80.0 cm³/mol. The fourth-order valence-corrected chi connectivity index (χ4v) is 2.63. The number of carboxylic acids is 1. The van der Waals surface area contributed by atoms with Crippen LogP contribution in [0.15, 0.2) is 24.3 Å². The monoisotopic (exact) mass is 290 g/mol. The summed E-state index contributed by atoms with van der Waals surface area (Å²) in [5, 5.41) is 11.8. The van der Waals surface area contributed by atoms with Crippen molar-refractivity contribution in [3.8, 4) is 0 Å². The van der Waals surface area contributed by atoms with Crippen LogP contribution >= 0.6 is 0 Å². The third-order valence-electron chi connectivity index (χ3n) is 3.85. The standard InChI is InChI=1S/C16H22N2O3/c1-16(2)7-8-18(11-16)15(21)17-10-13-6-4-3-5-12(13)9-14(19)20/h3-6H,7-11H2,1-2H3,(H,17,21)(H,19,20). The third-order valence-corrected chi connectivity index (χ3v) is 3.85. The number of carbonyl (C=O) groups is 2. The second-order valence-electron chi connectivity index (χ2n) is 6.33. The zero-order valence-corrected chi connectivity index (χ0v) is 12.6. The lowest BCUT2D eigenvalue weighted by molar-refractivity contribution is -0.136. The number of carboxylic acid groups (broad SMARTS) is 1. The van der Waals surface area contributed by atoms with E-state index in [2.05, 4.69) is 19.2 Å². The first kappa shape index (κ1) is 15.4. The molecule has 1 heterocycles. The van der Waals surface area contributed by atoms with E-state index in [-0.39, 0.29) is 17.9 Å². The lowest BCUT2D eigenvalue weighted by Crippen LogP contribution is -2.39. The molecule has 5 heteroatoms. The van der Waals surface area contributed by atoms with Crippen molar-refractivity contribution in [2.45, 2.75) is 33.2 Å². The number of aliphatic carboxylic acids is 1. The maximum Gasteiger partial charge on any atom is 0.317 e. The molecule has 2 N–H and O–H groups in total. The Morgan fingerprint density at radius 1 is 1.29 bits per heavy atom. The van der Waals surface area contributed by atoms with Crippen LogP contribution in [0.4, 0.5) is 4.79 Å². The van der Waals surface area contributed by atoms with Gasteiger partial charge in [-0.15, -0.1) is 0 Å². The number of rotatable bonds is 4. The largest absolute Gasteiger partial charge is 0.481 e. The summed E-state index contributed by atoms with van der Waals surface area (Å²) in [7, 11) is 0. The van der Waals surface area contributed by atoms with Crippen LogP contribution in [0.3, 0.4) is 0 Å². The highest BCUT2D eigenvalue weighted by Gasteiger charge is 2.31. The summed E-state index contributed by atoms with van der Waals surface area (Å²) in [4.78, 5) is 24.8. The van der Waals surface area contributed by atoms with Crippen molar-refractivity contribution in [3.05, 3.63) is 35.4 Å². The molecule has 1 aromatic rings. The minimum atomic E-state index is -0.866. The molecule has 1 fully saturated rings. The average molecular weight is 290 g/mol. The van der Waals surface area contributed by atoms with Gasteiger partial charge in [-0.1, -0.05) is 38.1 Å². The summed E-state index contributed by atoms with van der Waals surface area (Å²) < 4.78 is 0. The first-order valence-electron chi connectivity index (χ1n) is 7.19. The van der Waals surface area contributed by atoms with Gasteiger partial charge in [0.2, 0.25) is 0 Å². The molecule has 2 rings (SSSR count). The molecule has 1 aliphatic rings. The Labute approximate surface area is 125 Å². The van der Waals surface area contributed by atoms with Gasteiger partial charge >= 0.3 is 12.0 Å². The maximum atomic E-state index is 12.1. The van der Waals surface area contributed by atoms with Gasteiger partial charge in [0.1, 0.15) is 0 Å². The number of nitrogens with one attached hydrogen (secondary N) is 1. The first-order valence-corrected chi connectivity index (χ1v) is 7.19. The number of carbonyl (C=O) groups excluding carboxylic acids is 1. The number of hydrogen-bond donors (Lipinski definition) is 2. The van der Waals surface area contributed by atoms with Crippen molar-refractivity contribution in [2.24, 2.45) is 5.41 Å². The van der Waals surface area contributed by atoms with Gasteiger partial charge in [0.15, 0.2) is 0 Å². The molecule has 0 saturated carbocycles. The minimum Gasteiger partial charge on any atom is -0.481 e. The Morgan fingerprint density at radius 3 is 2.52 bits per heavy atom. The summed E-state index contributed by atoms with van der Waals surface area (Å²) in [6, 6.07) is 7.23. The van der Waals surface area contributed by atoms with E-state index in [1.165, 1.54) is 0 Å². The van der Waals surface area contributed by atoms with Gasteiger partial charge in [-0.25, -0.2) is 4.79 Å². The highest BCUT2D eigenvalue weighted by Crippen LogP contribution is 2.28. The molecule has 2 amide bonds. The molecule has 1 aromatic carbocycles. The zero-order chi connectivity index (χ0) is 15.5. The molecule has 0 spiro atoms. The molecule has 0 bridgehead atoms. The van der Waals surface area contributed by atoms with E-state index in [9.17, 15) is 9.59 Å². The van der Waals surface area contributed by atoms with Crippen molar-refractivity contribution in [3.63, 3.8) is 0 Å². The molecule has 1 aliphatic heterocycles. The molecular formula is C16H22N2O3. The third kappa shape index (κ3) is 4.21. The van der Waals surface area contributed by atoms with E-state index in [0.717, 1.165) is 30.6 Å². The second-order valence-corrected chi connectivity index (χ2v) is 6.33. The lowest BCUT2D eigenvalue weighted by Gasteiger charge is -2.20. The number of likely N-dealkylation sites (tertiary alicyclic amines) is 1. The molecule has 0 aromatic heterocycles. The second kappa shape index (κ2) is 6.16. The van der Waals surface area contributed by atoms with Gasteiger partial charge in [-0.05, 0) is 23.0 Å². The number of hydrogen-bond acceptors (Lipinski definition) is 2. The van der Waals surface area contributed by atoms with Crippen LogP contribution in [0, 0.1) is 5.41 Å². The van der Waals surface area contributed by atoms with Crippen molar-refractivity contribution < 1.29 is 14.7 Å². The van der Waals surface area contributed by atoms with Gasteiger partial charge in [-0.3, -0.25) is 4.79 Å². The SMILES string of the molecule is CC1(C)CCN(C(=O)NCc2ccccc2CC(=O)O)C1. The van der Waals surface area contributed by atoms with Crippen LogP contribution in [-0.4, -0.2) is 35.1 Å². The molecule has 0 aliphatic carbocycles. The van der Waals surface area contributed by atoms with Crippen molar-refractivity contribution in [2.75, 3.05) is 13.1 Å². The Balaban J connectivity index is 1.94. The predicted octanol–water partition coefficient (Wildman–Crippen LogP) is 2.26. The Kier molecular flexibility index (Phi) is 4.50. The molecule has 1 saturated heterocycles. The van der Waals surface area contributed by atoms with Gasteiger partial charge in [0.05, 0.1) is 6.42 Å². The van der Waals surface area contributed by atoms with Crippen LogP contribution in [-0.2, 0) is 17.8 Å². The fourth-order valence-electron chi connectivity index (χ4n) is 2.63. The summed E-state index contributed by atoms with van der Waals surface area (Å²) in [5.41, 5.74) is 1.78. The zero-order valence-electron chi connectivity index (χ0n) is 12.6. The number of benzene rings is 1. The molecular weight excluding hydrogens is 268 g/mol. The van der Waals surface area contributed by atoms with Gasteiger partial charge in [0.25, 0.3) is 0 Å². The lowest BCUT2D eigenvalue weighted by atomic mass is 9.93. The summed E-state index contributed by atoms with van der Waals surface area (Å²) >= 11 is 0. The van der Waals surface area contributed by atoms with E-state index >= 15 is 0 Å². The molecule has 0 radical (unpaired) electrons. The van der Waals surface area contributed by atoms with Gasteiger partial charge in [0, 0.05) is 19.6 Å². The van der Waals surface area contributed by atoms with Crippen LogP contribution in [0.5, 0.6) is 0 Å². The van der Waals surface area contributed by atoms with Crippen molar-refractivity contribution >= 4 is 12.0 Å². The fraction of sp³-hybridized carbons (Fsp3) is 0.500. The Hall–Kier alpha value is -2.04. The smallest absolute Gasteiger partial charge is 0.317 e. The summed E-state index contributed by atoms with van der Waals surface area (Å²) in [5.74, 6) is -0.866. The molecule has 0 unspecified atom stereocenters. The quantitative estimate of drug-likeness (QED) is 0.893. The minimum absolute atomic E-state index is 0.0250. The maximum absolute atomic E-state index is 12.1. The molecule has 0 atom stereocenters. The Morgan fingerprint density at radius 2 is 1.95 bits per heavy atom. The van der Waals surface area contributed by atoms with Crippen LogP contribution in [0.25, 0.3) is 0 Å². The van der Waals surface area contributed by atoms with E-state index in [1.54, 1.807) is 6.07 Å². The van der Waals surface area contributed by atoms with Crippen molar-refractivity contribution in [1.29, 1.82) is 0 Å². The molecule has 5 nitrogen and oxygen atoms in total. The van der Waals surface area contributed by atoms with Gasteiger partial charge in [-0.2, -0.15) is 0 Å². The summed E-state index contributed by atoms with van der Waals surface area (Å²) in [6.07, 6.45) is 0.985. The molecule has 114 valence electrons. The number of amides is 2. The van der Waals surface area contributed by atoms with Crippen molar-refractivity contribution in [1.82, 2.24) is 10.2 Å². The number of nitrogens with zero attached hydrogens (tertiary/aromatic N) is 1. The van der Waals surface area contributed by atoms with Crippen LogP contribution < -0.4 is 5.32 Å². The highest BCUT2D eigenvalue weighted by atomic mass is 16.4. The van der Waals surface area contributed by atoms with E-state index in [0.29, 0.717) is 6.54 Å². The van der Waals surface area contributed by atoms with Crippen LogP contribution in [0.1, 0.15) is 31.4 Å². The van der Waals surface area contributed by atoms with E-state index in [1.807, 2.05) is 23.1 Å². The Bertz CT molecular complexity index is 540. The van der Waals surface area contributed by atoms with E-state index < -0.39 is 5.97 Å². The first-order chi connectivity index (χ1) is 9.87. The highest BCUT2D eigenvalue weighted by molar-refractivity contribution is 5.75. The normalized spacial score (nSPS) is 16.8. The topological polar surface area (TPSA) is 69.6 Å². The van der Waals surface area contributed by atoms with Crippen LogP contribution in [0.2, 0.25) is 0 Å².